The third kappa shape index (κ3) is 5.37. The summed E-state index contributed by atoms with van der Waals surface area (Å²) in [4.78, 5) is 9.83. The van der Waals surface area contributed by atoms with E-state index in [0.29, 0.717) is 0 Å². The number of piperazine rings is 1. The normalized spacial score (nSPS) is 28.4. The fourth-order valence-corrected chi connectivity index (χ4v) is 5.16. The molecule has 1 aromatic rings. The van der Waals surface area contributed by atoms with Crippen LogP contribution in [0, 0.1) is 17.8 Å². The number of nitrogens with one attached hydrogen (secondary N) is 1. The number of hydrogen-bond acceptors (Lipinski definition) is 4. The Morgan fingerprint density at radius 1 is 1.26 bits per heavy atom. The zero-order chi connectivity index (χ0) is 17.8. The highest BCUT2D eigenvalue weighted by atomic mass is 127. The molecule has 6 nitrogen and oxygen atoms in total. The lowest BCUT2D eigenvalue weighted by Gasteiger charge is -2.36. The topological polar surface area (TPSA) is 56.9 Å². The average Bonchev–Trinajstić information content (AvgIpc) is 3.40. The Hall–Kier alpha value is -0.830. The third-order valence-electron chi connectivity index (χ3n) is 6.53. The van der Waals surface area contributed by atoms with Gasteiger partial charge >= 0.3 is 0 Å². The molecule has 2 aliphatic carbocycles. The standard InChI is InChI=1S/C20H33N5O.HI/c1-2-21-20(22-7-5-18-14-16-3-4-17(18)13-16)25-10-8-24(9-11-25)15-19-6-12-26-23-19;/h6,12,16-18H,2-5,7-11,13-15H2,1H3,(H,21,22);1H. The quantitative estimate of drug-likeness (QED) is 0.380. The first-order chi connectivity index (χ1) is 12.8. The van der Waals surface area contributed by atoms with Crippen LogP contribution in [0.2, 0.25) is 0 Å². The Balaban J connectivity index is 0.00000210. The van der Waals surface area contributed by atoms with E-state index in [1.807, 2.05) is 6.07 Å². The molecule has 1 aliphatic heterocycles. The number of halogens is 1. The lowest BCUT2D eigenvalue weighted by atomic mass is 9.86. The number of fused-ring (bicyclic) bond motifs is 2. The van der Waals surface area contributed by atoms with Crippen LogP contribution in [-0.4, -0.2) is 60.2 Å². The Morgan fingerprint density at radius 2 is 2.11 bits per heavy atom. The molecule has 4 rings (SSSR count). The molecule has 2 bridgehead atoms. The van der Waals surface area contributed by atoms with Crippen molar-refractivity contribution >= 4 is 29.9 Å². The second-order valence-corrected chi connectivity index (χ2v) is 8.21. The van der Waals surface area contributed by atoms with E-state index >= 15 is 0 Å². The van der Waals surface area contributed by atoms with Gasteiger partial charge in [-0.2, -0.15) is 0 Å². The largest absolute Gasteiger partial charge is 0.364 e. The predicted octanol–water partition coefficient (Wildman–Crippen LogP) is 3.20. The molecule has 0 spiro atoms. The van der Waals surface area contributed by atoms with Crippen molar-refractivity contribution < 1.29 is 4.52 Å². The van der Waals surface area contributed by atoms with Gasteiger partial charge in [0.15, 0.2) is 5.96 Å². The maximum atomic E-state index is 4.97. The van der Waals surface area contributed by atoms with Gasteiger partial charge in [-0.15, -0.1) is 24.0 Å². The number of hydrogen-bond donors (Lipinski definition) is 1. The number of guanidine groups is 1. The van der Waals surface area contributed by atoms with Crippen LogP contribution in [0.5, 0.6) is 0 Å². The van der Waals surface area contributed by atoms with E-state index in [-0.39, 0.29) is 24.0 Å². The Morgan fingerprint density at radius 3 is 2.74 bits per heavy atom. The minimum atomic E-state index is 0. The number of aromatic nitrogens is 1. The predicted molar refractivity (Wildman–Crippen MR) is 118 cm³/mol. The van der Waals surface area contributed by atoms with Crippen LogP contribution in [0.15, 0.2) is 21.8 Å². The fourth-order valence-electron chi connectivity index (χ4n) is 5.16. The molecule has 3 aliphatic rings. The van der Waals surface area contributed by atoms with E-state index in [1.54, 1.807) is 6.26 Å². The van der Waals surface area contributed by atoms with E-state index in [2.05, 4.69) is 27.2 Å². The van der Waals surface area contributed by atoms with Gasteiger partial charge in [-0.3, -0.25) is 9.89 Å². The van der Waals surface area contributed by atoms with Gasteiger partial charge < -0.3 is 14.7 Å². The Kier molecular flexibility index (Phi) is 7.81. The molecule has 3 atom stereocenters. The van der Waals surface area contributed by atoms with Crippen molar-refractivity contribution in [3.8, 4) is 0 Å². The summed E-state index contributed by atoms with van der Waals surface area (Å²) in [6.45, 7) is 9.10. The van der Waals surface area contributed by atoms with Crippen molar-refractivity contribution in [3.63, 3.8) is 0 Å². The highest BCUT2D eigenvalue weighted by molar-refractivity contribution is 14.0. The number of nitrogens with zero attached hydrogens (tertiary/aromatic N) is 4. The summed E-state index contributed by atoms with van der Waals surface area (Å²) in [6.07, 6.45) is 8.87. The molecule has 3 fully saturated rings. The van der Waals surface area contributed by atoms with Gasteiger partial charge in [0.1, 0.15) is 6.26 Å². The molecule has 1 aromatic heterocycles. The molecule has 3 unspecified atom stereocenters. The zero-order valence-corrected chi connectivity index (χ0v) is 18.8. The van der Waals surface area contributed by atoms with Gasteiger partial charge in [0.05, 0.1) is 5.69 Å². The molecule has 0 radical (unpaired) electrons. The van der Waals surface area contributed by atoms with Crippen LogP contribution >= 0.6 is 24.0 Å². The first-order valence-electron chi connectivity index (χ1n) is 10.5. The number of aliphatic imine (C=N–C) groups is 1. The summed E-state index contributed by atoms with van der Waals surface area (Å²) in [6, 6.07) is 1.95. The summed E-state index contributed by atoms with van der Waals surface area (Å²) in [5.74, 6) is 4.11. The summed E-state index contributed by atoms with van der Waals surface area (Å²) >= 11 is 0. The molecule has 1 N–H and O–H groups in total. The van der Waals surface area contributed by atoms with Crippen LogP contribution in [0.3, 0.4) is 0 Å². The van der Waals surface area contributed by atoms with E-state index in [1.165, 1.54) is 32.1 Å². The Labute approximate surface area is 180 Å². The monoisotopic (exact) mass is 487 g/mol. The van der Waals surface area contributed by atoms with Crippen molar-refractivity contribution in [2.45, 2.75) is 45.6 Å². The third-order valence-corrected chi connectivity index (χ3v) is 6.53. The maximum absolute atomic E-state index is 4.97. The summed E-state index contributed by atoms with van der Waals surface area (Å²) in [5, 5.41) is 7.52. The molecule has 2 saturated carbocycles. The van der Waals surface area contributed by atoms with Gasteiger partial charge in [-0.25, -0.2) is 0 Å². The lowest BCUT2D eigenvalue weighted by Crippen LogP contribution is -2.52. The van der Waals surface area contributed by atoms with Crippen LogP contribution in [-0.2, 0) is 6.54 Å². The van der Waals surface area contributed by atoms with Gasteiger partial charge in [0.2, 0.25) is 0 Å². The van der Waals surface area contributed by atoms with Crippen LogP contribution < -0.4 is 5.32 Å². The summed E-state index contributed by atoms with van der Waals surface area (Å²) in [7, 11) is 0. The SMILES string of the molecule is CCNC(=NCCC1CC2CCC1C2)N1CCN(Cc2ccon2)CC1.I. The molecule has 7 heteroatoms. The van der Waals surface area contributed by atoms with Gasteiger partial charge in [0.25, 0.3) is 0 Å². The summed E-state index contributed by atoms with van der Waals surface area (Å²) < 4.78 is 4.94. The van der Waals surface area contributed by atoms with Crippen molar-refractivity contribution in [1.29, 1.82) is 0 Å². The van der Waals surface area contributed by atoms with Crippen LogP contribution in [0.4, 0.5) is 0 Å². The lowest BCUT2D eigenvalue weighted by molar-refractivity contribution is 0.169. The first-order valence-corrected chi connectivity index (χ1v) is 10.5. The second kappa shape index (κ2) is 10.1. The van der Waals surface area contributed by atoms with Gasteiger partial charge in [-0.1, -0.05) is 11.6 Å². The van der Waals surface area contributed by atoms with Gasteiger partial charge in [-0.05, 0) is 50.4 Å². The smallest absolute Gasteiger partial charge is 0.194 e. The maximum Gasteiger partial charge on any atom is 0.194 e. The minimum absolute atomic E-state index is 0. The number of rotatable bonds is 6. The van der Waals surface area contributed by atoms with Gasteiger partial charge in [0, 0.05) is 51.9 Å². The van der Waals surface area contributed by atoms with Crippen molar-refractivity contribution in [1.82, 2.24) is 20.3 Å². The van der Waals surface area contributed by atoms with Crippen LogP contribution in [0.25, 0.3) is 0 Å². The molecule has 2 heterocycles. The highest BCUT2D eigenvalue weighted by Gasteiger charge is 2.38. The fraction of sp³-hybridized carbons (Fsp3) is 0.800. The summed E-state index contributed by atoms with van der Waals surface area (Å²) in [5.41, 5.74) is 1.02. The van der Waals surface area contributed by atoms with Crippen molar-refractivity contribution in [2.24, 2.45) is 22.7 Å². The molecule has 152 valence electrons. The molecule has 0 aromatic carbocycles. The van der Waals surface area contributed by atoms with Crippen LogP contribution in [0.1, 0.15) is 44.7 Å². The van der Waals surface area contributed by atoms with Crippen molar-refractivity contribution in [3.05, 3.63) is 18.0 Å². The van der Waals surface area contributed by atoms with E-state index in [9.17, 15) is 0 Å². The van der Waals surface area contributed by atoms with E-state index in [4.69, 9.17) is 9.52 Å². The average molecular weight is 487 g/mol. The van der Waals surface area contributed by atoms with E-state index in [0.717, 1.165) is 75.2 Å². The van der Waals surface area contributed by atoms with Crippen molar-refractivity contribution in [2.75, 3.05) is 39.3 Å². The zero-order valence-electron chi connectivity index (χ0n) is 16.5. The Bertz CT molecular complexity index is 585. The second-order valence-electron chi connectivity index (χ2n) is 8.21. The molecule has 1 saturated heterocycles. The van der Waals surface area contributed by atoms with E-state index < -0.39 is 0 Å². The molecular weight excluding hydrogens is 453 g/mol. The molecule has 27 heavy (non-hydrogen) atoms. The first kappa shape index (κ1) is 20.9. The molecular formula is C20H34IN5O. The highest BCUT2D eigenvalue weighted by Crippen LogP contribution is 2.49. The minimum Gasteiger partial charge on any atom is -0.364 e. The molecule has 0 amide bonds.